The van der Waals surface area contributed by atoms with Gasteiger partial charge in [-0.05, 0) is 26.0 Å². The van der Waals surface area contributed by atoms with Gasteiger partial charge in [-0.15, -0.1) is 10.9 Å². The molecule has 0 N–H and O–H groups in total. The van der Waals surface area contributed by atoms with Crippen molar-refractivity contribution in [3.05, 3.63) is 28.5 Å². The van der Waals surface area contributed by atoms with Crippen LogP contribution in [-0.2, 0) is 16.0 Å². The van der Waals surface area contributed by atoms with Gasteiger partial charge >= 0.3 is 5.30 Å². The number of fused-ring (bicyclic) bond motifs is 3. The van der Waals surface area contributed by atoms with Gasteiger partial charge in [0.2, 0.25) is 0 Å². The molecule has 2 aliphatic rings. The number of ether oxygens (including phenoxy) is 1. The van der Waals surface area contributed by atoms with E-state index in [9.17, 15) is 14.0 Å². The maximum atomic E-state index is 14.2. The first-order chi connectivity index (χ1) is 10.5. The van der Waals surface area contributed by atoms with E-state index in [4.69, 9.17) is 16.3 Å². The van der Waals surface area contributed by atoms with Crippen molar-refractivity contribution in [3.63, 3.8) is 0 Å². The second-order valence-electron chi connectivity index (χ2n) is 5.48. The minimum Gasteiger partial charge on any atom is -0.459 e. The molecule has 3 rings (SSSR count). The van der Waals surface area contributed by atoms with Gasteiger partial charge in [-0.1, -0.05) is 11.6 Å². The van der Waals surface area contributed by atoms with E-state index in [2.05, 4.69) is 0 Å². The lowest BCUT2D eigenvalue weighted by molar-refractivity contribution is -0.118. The molecule has 120 valence electrons. The molecule has 0 spiro atoms. The molecule has 4 nitrogen and oxygen atoms in total. The zero-order valence-corrected chi connectivity index (χ0v) is 14.0. The lowest BCUT2D eigenvalue weighted by Crippen LogP contribution is -2.45. The monoisotopic (exact) mass is 345 g/mol. The van der Waals surface area contributed by atoms with Gasteiger partial charge in [0.1, 0.15) is 11.2 Å². The smallest absolute Gasteiger partial charge is 0.349 e. The molecule has 1 fully saturated rings. The largest absolute Gasteiger partial charge is 0.459 e. The zero-order chi connectivity index (χ0) is 16.0. The van der Waals surface area contributed by atoms with E-state index in [0.717, 1.165) is 0 Å². The highest BCUT2D eigenvalue weighted by molar-refractivity contribution is 8.30. The van der Waals surface area contributed by atoms with Gasteiger partial charge in [0, 0.05) is 29.5 Å². The third kappa shape index (κ3) is 2.29. The van der Waals surface area contributed by atoms with Crippen molar-refractivity contribution >= 4 is 39.3 Å². The average Bonchev–Trinajstić information content (AvgIpc) is 2.83. The Labute approximate surface area is 135 Å². The number of anilines is 1. The molecule has 22 heavy (non-hydrogen) atoms. The first kappa shape index (κ1) is 15.6. The van der Waals surface area contributed by atoms with Gasteiger partial charge in [-0.3, -0.25) is 4.79 Å². The summed E-state index contributed by atoms with van der Waals surface area (Å²) in [5.74, 6) is -0.0726. The Hall–Kier alpha value is -1.27. The molecule has 0 aliphatic carbocycles. The molecule has 0 amide bonds. The Bertz CT molecular complexity index is 654. The molecule has 0 saturated carbocycles. The van der Waals surface area contributed by atoms with Crippen LogP contribution in [0.5, 0.6) is 0 Å². The number of hydrogen-bond donors (Lipinski definition) is 1. The number of carbonyl (C=O) groups excluding carboxylic acids is 2. The third-order valence-electron chi connectivity index (χ3n) is 4.09. The summed E-state index contributed by atoms with van der Waals surface area (Å²) in [6.45, 7) is 4.00. The number of hydrogen-bond acceptors (Lipinski definition) is 4. The molecule has 3 atom stereocenters. The van der Waals surface area contributed by atoms with Crippen molar-refractivity contribution < 1.29 is 18.7 Å². The molecule has 3 unspecified atom stereocenters. The topological polar surface area (TPSA) is 46.6 Å². The van der Waals surface area contributed by atoms with Crippen molar-refractivity contribution in [1.29, 1.82) is 0 Å². The van der Waals surface area contributed by atoms with Gasteiger partial charge in [0.25, 0.3) is 0 Å². The van der Waals surface area contributed by atoms with Crippen molar-refractivity contribution in [3.8, 4) is 0 Å². The molecule has 2 aliphatic heterocycles. The number of benzene rings is 1. The van der Waals surface area contributed by atoms with Crippen LogP contribution < -0.4 is 4.90 Å². The normalized spacial score (nSPS) is 28.3. The van der Waals surface area contributed by atoms with Crippen LogP contribution in [0.2, 0.25) is 5.02 Å². The molecule has 2 heterocycles. The van der Waals surface area contributed by atoms with Crippen LogP contribution in [0.25, 0.3) is 0 Å². The van der Waals surface area contributed by atoms with Crippen LogP contribution in [-0.4, -0.2) is 34.9 Å². The third-order valence-corrected chi connectivity index (χ3v) is 7.02. The molecule has 1 aromatic carbocycles. The highest BCUT2D eigenvalue weighted by Crippen LogP contribution is 2.50. The number of carbonyl (C=O) groups is 2. The molecule has 7 heteroatoms. The lowest BCUT2D eigenvalue weighted by atomic mass is 9.99. The first-order valence-corrected chi connectivity index (χ1v) is 9.14. The van der Waals surface area contributed by atoms with Crippen LogP contribution >= 0.6 is 22.5 Å². The Morgan fingerprint density at radius 3 is 2.95 bits per heavy atom. The quantitative estimate of drug-likeness (QED) is 0.626. The van der Waals surface area contributed by atoms with Gasteiger partial charge in [0.15, 0.2) is 5.78 Å². The van der Waals surface area contributed by atoms with Crippen molar-refractivity contribution in [2.24, 2.45) is 0 Å². The summed E-state index contributed by atoms with van der Waals surface area (Å²) in [6.07, 6.45) is -0.0200. The second-order valence-corrected chi connectivity index (χ2v) is 8.05. The van der Waals surface area contributed by atoms with Crippen LogP contribution in [0.4, 0.5) is 14.9 Å². The number of nitrogens with zero attached hydrogens (tertiary/aromatic N) is 1. The highest BCUT2D eigenvalue weighted by atomic mass is 35.5. The Morgan fingerprint density at radius 1 is 1.55 bits per heavy atom. The van der Waals surface area contributed by atoms with Gasteiger partial charge in [0.05, 0.1) is 11.6 Å². The van der Waals surface area contributed by atoms with Crippen LogP contribution in [0.1, 0.15) is 19.4 Å². The van der Waals surface area contributed by atoms with Crippen LogP contribution in [0, 0.1) is 5.82 Å². The van der Waals surface area contributed by atoms with E-state index in [1.165, 1.54) is 6.07 Å². The number of rotatable bonds is 1. The second kappa shape index (κ2) is 5.74. The fraction of sp³-hybridized carbons (Fsp3) is 0.467. The number of thiol groups is 1. The van der Waals surface area contributed by atoms with E-state index in [-0.39, 0.29) is 28.6 Å². The molecular formula is C15H17ClFNO3S. The summed E-state index contributed by atoms with van der Waals surface area (Å²) < 4.78 is 19.3. The molecule has 0 radical (unpaired) electrons. The van der Waals surface area contributed by atoms with E-state index < -0.39 is 22.1 Å². The van der Waals surface area contributed by atoms with Crippen LogP contribution in [0.15, 0.2) is 12.1 Å². The van der Waals surface area contributed by atoms with Crippen molar-refractivity contribution in [2.75, 3.05) is 17.3 Å². The van der Waals surface area contributed by atoms with E-state index >= 15 is 0 Å². The maximum absolute atomic E-state index is 14.2. The molecule has 0 bridgehead atoms. The van der Waals surface area contributed by atoms with E-state index in [0.29, 0.717) is 23.6 Å². The number of Topliss-reactive ketones (excluding diaryl/α,β-unsaturated/α-hetero) is 1. The molecule has 1 saturated heterocycles. The summed E-state index contributed by atoms with van der Waals surface area (Å²) in [6, 6.07) is 3.23. The maximum Gasteiger partial charge on any atom is 0.349 e. The summed E-state index contributed by atoms with van der Waals surface area (Å²) in [5, 5.41) is -0.773. The highest BCUT2D eigenvalue weighted by Gasteiger charge is 2.48. The molecule has 0 aromatic heterocycles. The lowest BCUT2D eigenvalue weighted by Gasteiger charge is -2.37. The SMILES string of the molecule is CCOC(=O)[SH]1CC(C)N2c3ccc(Cl)c(F)c3CC(=O)C21. The predicted octanol–water partition coefficient (Wildman–Crippen LogP) is 3.30. The predicted molar refractivity (Wildman–Crippen MR) is 86.7 cm³/mol. The summed E-state index contributed by atoms with van der Waals surface area (Å²) in [7, 11) is -1.23. The summed E-state index contributed by atoms with van der Waals surface area (Å²) in [4.78, 5) is 26.6. The first-order valence-electron chi connectivity index (χ1n) is 7.17. The van der Waals surface area contributed by atoms with Gasteiger partial charge < -0.3 is 9.64 Å². The van der Waals surface area contributed by atoms with Crippen LogP contribution in [0.3, 0.4) is 0 Å². The number of ketones is 1. The Balaban J connectivity index is 2.04. The summed E-state index contributed by atoms with van der Waals surface area (Å²) >= 11 is 5.82. The average molecular weight is 346 g/mol. The minimum atomic E-state index is -1.23. The zero-order valence-electron chi connectivity index (χ0n) is 12.3. The molecular weight excluding hydrogens is 329 g/mol. The van der Waals surface area contributed by atoms with Gasteiger partial charge in [-0.2, -0.15) is 0 Å². The van der Waals surface area contributed by atoms with E-state index in [1.807, 2.05) is 11.8 Å². The Kier molecular flexibility index (Phi) is 4.07. The summed E-state index contributed by atoms with van der Waals surface area (Å²) in [5.41, 5.74) is 1.01. The Morgan fingerprint density at radius 2 is 2.27 bits per heavy atom. The van der Waals surface area contributed by atoms with Crippen molar-refractivity contribution in [1.82, 2.24) is 0 Å². The van der Waals surface area contributed by atoms with Crippen molar-refractivity contribution in [2.45, 2.75) is 31.7 Å². The fourth-order valence-electron chi connectivity index (χ4n) is 3.20. The number of halogens is 2. The standard InChI is InChI=1S/C15H17ClFNO3S/c1-3-21-15(20)22-7-8(2)18-11-5-4-10(16)13(17)9(11)6-12(19)14(18)22/h4-5,8,14,22H,3,6-7H2,1-2H3. The van der Waals surface area contributed by atoms with E-state index in [1.54, 1.807) is 13.0 Å². The fourth-order valence-corrected chi connectivity index (χ4v) is 6.06. The molecule has 1 aromatic rings. The van der Waals surface area contributed by atoms with Gasteiger partial charge in [-0.25, -0.2) is 9.18 Å². The minimum absolute atomic E-state index is 0.0101.